The van der Waals surface area contributed by atoms with Gasteiger partial charge in [-0.1, -0.05) is 7.43 Å². The van der Waals surface area contributed by atoms with Crippen molar-refractivity contribution in [3.05, 3.63) is 40.2 Å². The van der Waals surface area contributed by atoms with E-state index in [0.717, 1.165) is 17.7 Å². The van der Waals surface area contributed by atoms with E-state index in [-0.39, 0.29) is 43.6 Å². The Morgan fingerprint density at radius 3 is 2.64 bits per heavy atom. The molecule has 180 valence electrons. The monoisotopic (exact) mass is 468 g/mol. The lowest BCUT2D eigenvalue weighted by Gasteiger charge is -2.31. The molecule has 4 rings (SSSR count). The number of carbonyl (C=O) groups excluding carboxylic acids is 2. The van der Waals surface area contributed by atoms with Gasteiger partial charge in [-0.05, 0) is 38.0 Å². The van der Waals surface area contributed by atoms with E-state index in [1.54, 1.807) is 6.07 Å². The quantitative estimate of drug-likeness (QED) is 0.705. The summed E-state index contributed by atoms with van der Waals surface area (Å²) in [5, 5.41) is 2.45. The Bertz CT molecular complexity index is 1100. The Kier molecular flexibility index (Phi) is 6.89. The second-order valence-electron chi connectivity index (χ2n) is 8.05. The van der Waals surface area contributed by atoms with Crippen LogP contribution in [0.1, 0.15) is 39.2 Å². The second kappa shape index (κ2) is 9.32. The Morgan fingerprint density at radius 2 is 1.97 bits per heavy atom. The molecule has 1 aromatic carbocycles. The maximum atomic E-state index is 13.5. The molecule has 0 radical (unpaired) electrons. The molecule has 8 nitrogen and oxygen atoms in total. The normalized spacial score (nSPS) is 20.7. The van der Waals surface area contributed by atoms with Crippen LogP contribution in [-0.4, -0.2) is 53.8 Å². The lowest BCUT2D eigenvalue weighted by molar-refractivity contribution is -0.136. The molecule has 0 spiro atoms. The molecule has 0 unspecified atom stereocenters. The van der Waals surface area contributed by atoms with E-state index in [1.165, 1.54) is 12.1 Å². The maximum absolute atomic E-state index is 13.5. The van der Waals surface area contributed by atoms with Crippen molar-refractivity contribution >= 4 is 28.7 Å². The molecule has 33 heavy (non-hydrogen) atoms. The fourth-order valence-corrected chi connectivity index (χ4v) is 4.46. The first kappa shape index (κ1) is 24.4. The predicted molar refractivity (Wildman–Crippen MR) is 117 cm³/mol. The van der Waals surface area contributed by atoms with E-state index in [9.17, 15) is 27.6 Å². The number of aromatic nitrogens is 1. The van der Waals surface area contributed by atoms with Crippen LogP contribution in [-0.2, 0) is 10.9 Å². The minimum absolute atomic E-state index is 0. The highest BCUT2D eigenvalue weighted by Gasteiger charge is 2.35. The van der Waals surface area contributed by atoms with Crippen LogP contribution in [0.15, 0.2) is 29.1 Å². The molecule has 0 aliphatic carbocycles. The van der Waals surface area contributed by atoms with Gasteiger partial charge < -0.3 is 19.9 Å². The van der Waals surface area contributed by atoms with Gasteiger partial charge in [-0.25, -0.2) is 14.5 Å². The summed E-state index contributed by atoms with van der Waals surface area (Å²) >= 11 is 0. The zero-order valence-electron chi connectivity index (χ0n) is 17.4. The van der Waals surface area contributed by atoms with Crippen LogP contribution in [0.5, 0.6) is 0 Å². The van der Waals surface area contributed by atoms with Crippen molar-refractivity contribution in [1.29, 1.82) is 0 Å². The molecule has 11 heteroatoms. The molecule has 2 fully saturated rings. The molecule has 2 aliphatic heterocycles. The van der Waals surface area contributed by atoms with Crippen LogP contribution in [0.3, 0.4) is 0 Å². The van der Waals surface area contributed by atoms with Gasteiger partial charge in [0.1, 0.15) is 0 Å². The summed E-state index contributed by atoms with van der Waals surface area (Å²) in [5.41, 5.74) is -1.05. The second-order valence-corrected chi connectivity index (χ2v) is 8.05. The molecule has 2 aromatic rings. The molecule has 0 bridgehead atoms. The average Bonchev–Trinajstić information content (AvgIpc) is 3.31. The number of halogens is 3. The highest BCUT2D eigenvalue weighted by atomic mass is 19.4. The number of rotatable bonds is 4. The SMILES string of the molecule is C.C[C@@H]1CC[C@H](CCOC(=O)N2CCNC2=O)N1c1ccc2[nH]c(=O)cc(C(F)(F)F)c2c1. The number of alkyl halides is 3. The van der Waals surface area contributed by atoms with E-state index in [2.05, 4.69) is 10.3 Å². The first-order valence-corrected chi connectivity index (χ1v) is 10.4. The van der Waals surface area contributed by atoms with E-state index in [4.69, 9.17) is 4.74 Å². The summed E-state index contributed by atoms with van der Waals surface area (Å²) < 4.78 is 45.8. The van der Waals surface area contributed by atoms with E-state index in [0.29, 0.717) is 24.7 Å². The number of imide groups is 1. The van der Waals surface area contributed by atoms with Gasteiger partial charge in [0, 0.05) is 47.7 Å². The lowest BCUT2D eigenvalue weighted by Crippen LogP contribution is -2.37. The fourth-order valence-electron chi connectivity index (χ4n) is 4.46. The molecule has 3 heterocycles. The highest BCUT2D eigenvalue weighted by molar-refractivity contribution is 5.92. The van der Waals surface area contributed by atoms with Crippen molar-refractivity contribution in [2.45, 2.75) is 51.9 Å². The summed E-state index contributed by atoms with van der Waals surface area (Å²) in [4.78, 5) is 40.7. The van der Waals surface area contributed by atoms with Crippen molar-refractivity contribution in [2.24, 2.45) is 0 Å². The standard InChI is InChI=1S/C21H23F3N4O4.CH4/c1-12-2-3-13(6-9-32-20(31)27-8-7-25-19(27)30)28(12)14-4-5-17-15(10-14)16(21(22,23)24)11-18(29)26-17;/h4-5,10-13H,2-3,6-9H2,1H3,(H,25,30)(H,26,29);1H4/t12-,13-;/m1./s1. The number of ether oxygens (including phenoxy) is 1. The summed E-state index contributed by atoms with van der Waals surface area (Å²) in [7, 11) is 0. The number of nitrogens with one attached hydrogen (secondary N) is 2. The first-order chi connectivity index (χ1) is 15.1. The molecule has 1 aromatic heterocycles. The molecule has 2 aliphatic rings. The van der Waals surface area contributed by atoms with Gasteiger partial charge in [0.25, 0.3) is 0 Å². The molecular weight excluding hydrogens is 441 g/mol. The zero-order valence-corrected chi connectivity index (χ0v) is 17.4. The van der Waals surface area contributed by atoms with Gasteiger partial charge in [-0.15, -0.1) is 0 Å². The average molecular weight is 468 g/mol. The van der Waals surface area contributed by atoms with Crippen molar-refractivity contribution in [3.8, 4) is 0 Å². The third-order valence-corrected chi connectivity index (χ3v) is 5.97. The van der Waals surface area contributed by atoms with Gasteiger partial charge in [0.2, 0.25) is 5.56 Å². The van der Waals surface area contributed by atoms with E-state index in [1.807, 2.05) is 11.8 Å². The van der Waals surface area contributed by atoms with E-state index < -0.39 is 29.4 Å². The van der Waals surface area contributed by atoms with Crippen LogP contribution >= 0.6 is 0 Å². The zero-order chi connectivity index (χ0) is 23.0. The topological polar surface area (TPSA) is 94.7 Å². The fraction of sp³-hybridized carbons (Fsp3) is 0.500. The molecular formula is C22H27F3N4O4. The van der Waals surface area contributed by atoms with Crippen LogP contribution in [0.25, 0.3) is 10.9 Å². The number of benzene rings is 1. The van der Waals surface area contributed by atoms with Crippen LogP contribution in [0.2, 0.25) is 0 Å². The number of pyridine rings is 1. The third kappa shape index (κ3) is 4.91. The molecule has 2 saturated heterocycles. The minimum atomic E-state index is -4.66. The van der Waals surface area contributed by atoms with Crippen LogP contribution < -0.4 is 15.8 Å². The molecule has 2 atom stereocenters. The summed E-state index contributed by atoms with van der Waals surface area (Å²) in [6.07, 6.45) is -3.26. The maximum Gasteiger partial charge on any atom is 0.418 e. The van der Waals surface area contributed by atoms with Gasteiger partial charge in [-0.3, -0.25) is 4.79 Å². The third-order valence-electron chi connectivity index (χ3n) is 5.97. The summed E-state index contributed by atoms with van der Waals surface area (Å²) in [5.74, 6) is 0. The summed E-state index contributed by atoms with van der Waals surface area (Å²) in [6, 6.07) is 4.74. The Morgan fingerprint density at radius 1 is 1.21 bits per heavy atom. The number of nitrogens with zero attached hydrogens (tertiary/aromatic N) is 2. The van der Waals surface area contributed by atoms with Gasteiger partial charge in [0.15, 0.2) is 0 Å². The van der Waals surface area contributed by atoms with Gasteiger partial charge in [0.05, 0.1) is 18.7 Å². The first-order valence-electron chi connectivity index (χ1n) is 10.4. The number of H-pyrrole nitrogens is 1. The number of hydrogen-bond acceptors (Lipinski definition) is 5. The van der Waals surface area contributed by atoms with E-state index >= 15 is 0 Å². The summed E-state index contributed by atoms with van der Waals surface area (Å²) in [6.45, 7) is 2.72. The largest absolute Gasteiger partial charge is 0.449 e. The lowest BCUT2D eigenvalue weighted by atomic mass is 10.1. The minimum Gasteiger partial charge on any atom is -0.449 e. The van der Waals surface area contributed by atoms with Crippen molar-refractivity contribution in [3.63, 3.8) is 0 Å². The van der Waals surface area contributed by atoms with Crippen molar-refractivity contribution < 1.29 is 27.5 Å². The molecule has 0 saturated carbocycles. The van der Waals surface area contributed by atoms with Gasteiger partial charge >= 0.3 is 18.3 Å². The van der Waals surface area contributed by atoms with Crippen molar-refractivity contribution in [2.75, 3.05) is 24.6 Å². The number of aromatic amines is 1. The number of hydrogen-bond donors (Lipinski definition) is 2. The smallest absolute Gasteiger partial charge is 0.418 e. The number of fused-ring (bicyclic) bond motifs is 1. The number of amides is 3. The van der Waals surface area contributed by atoms with Crippen molar-refractivity contribution in [1.82, 2.24) is 15.2 Å². The van der Waals surface area contributed by atoms with Crippen LogP contribution in [0.4, 0.5) is 28.4 Å². The Labute approximate surface area is 188 Å². The molecule has 2 N–H and O–H groups in total. The number of carbonyl (C=O) groups is 2. The Hall–Kier alpha value is -3.24. The Balaban J connectivity index is 0.00000306. The predicted octanol–water partition coefficient (Wildman–Crippen LogP) is 4.09. The highest BCUT2D eigenvalue weighted by Crippen LogP contribution is 2.37. The van der Waals surface area contributed by atoms with Crippen LogP contribution in [0, 0.1) is 0 Å². The number of anilines is 1. The number of urea groups is 1. The van der Waals surface area contributed by atoms with Gasteiger partial charge in [-0.2, -0.15) is 13.2 Å². The molecule has 3 amide bonds.